The molecule has 0 bridgehead atoms. The number of rotatable bonds is 2. The largest absolute Gasteiger partial charge is 0.513 e. The summed E-state index contributed by atoms with van der Waals surface area (Å²) >= 11 is 0. The van der Waals surface area contributed by atoms with Gasteiger partial charge in [-0.2, -0.15) is 0 Å². The van der Waals surface area contributed by atoms with Crippen molar-refractivity contribution in [3.05, 3.63) is 54.6 Å². The summed E-state index contributed by atoms with van der Waals surface area (Å²) in [6, 6.07) is 18.6. The van der Waals surface area contributed by atoms with Crippen LogP contribution in [0.2, 0.25) is 0 Å². The van der Waals surface area contributed by atoms with Gasteiger partial charge in [-0.1, -0.05) is 36.4 Å². The van der Waals surface area contributed by atoms with Crippen molar-refractivity contribution in [3.8, 4) is 5.75 Å². The first kappa shape index (κ1) is 16.7. The van der Waals surface area contributed by atoms with Crippen molar-refractivity contribution < 1.29 is 14.3 Å². The summed E-state index contributed by atoms with van der Waals surface area (Å²) in [5, 5.41) is 4.37. The highest BCUT2D eigenvalue weighted by molar-refractivity contribution is 6.21. The van der Waals surface area contributed by atoms with E-state index in [-0.39, 0.29) is 6.61 Å². The summed E-state index contributed by atoms with van der Waals surface area (Å²) in [7, 11) is 3.99. The zero-order chi connectivity index (χ0) is 19.4. The van der Waals surface area contributed by atoms with Crippen LogP contribution in [0.4, 0.5) is 4.79 Å². The van der Waals surface area contributed by atoms with E-state index >= 15 is 0 Å². The van der Waals surface area contributed by atoms with Crippen LogP contribution in [0.15, 0.2) is 54.6 Å². The molecule has 0 atom stereocenters. The number of aromatic nitrogens is 2. The predicted molar refractivity (Wildman–Crippen MR) is 112 cm³/mol. The van der Waals surface area contributed by atoms with Gasteiger partial charge in [0.05, 0.1) is 17.6 Å². The van der Waals surface area contributed by atoms with Gasteiger partial charge in [0.15, 0.2) is 5.75 Å². The van der Waals surface area contributed by atoms with Crippen molar-refractivity contribution in [1.29, 1.82) is 0 Å². The van der Waals surface area contributed by atoms with Crippen LogP contribution in [0, 0.1) is 0 Å². The van der Waals surface area contributed by atoms with Gasteiger partial charge in [0.25, 0.3) is 0 Å². The van der Waals surface area contributed by atoms with Crippen LogP contribution in [0.3, 0.4) is 0 Å². The predicted octanol–water partition coefficient (Wildman–Crippen LogP) is 5.51. The molecular weight excluding hydrogens is 352 g/mol. The quantitative estimate of drug-likeness (QED) is 0.303. The second-order valence-electron chi connectivity index (χ2n) is 6.94. The first-order valence-electron chi connectivity index (χ1n) is 9.33. The molecule has 2 aromatic heterocycles. The molecule has 140 valence electrons. The van der Waals surface area contributed by atoms with E-state index in [2.05, 4.69) is 39.5 Å². The van der Waals surface area contributed by atoms with Crippen LogP contribution in [0.25, 0.3) is 43.6 Å². The number of ether oxygens (including phenoxy) is 2. The average Bonchev–Trinajstić information content (AvgIpc) is 3.16. The number of aryl methyl sites for hydroxylation is 2. The maximum Gasteiger partial charge on any atom is 0.513 e. The van der Waals surface area contributed by atoms with Gasteiger partial charge in [-0.15, -0.1) is 0 Å². The molecule has 5 heteroatoms. The maximum atomic E-state index is 12.3. The van der Waals surface area contributed by atoms with Crippen molar-refractivity contribution >= 4 is 49.8 Å². The summed E-state index contributed by atoms with van der Waals surface area (Å²) in [5.74, 6) is 0.531. The Bertz CT molecular complexity index is 1300. The Balaban J connectivity index is 2.01. The number of para-hydroxylation sites is 2. The second kappa shape index (κ2) is 6.02. The summed E-state index contributed by atoms with van der Waals surface area (Å²) in [4.78, 5) is 12.3. The number of carbonyl (C=O) groups is 1. The maximum absolute atomic E-state index is 12.3. The molecule has 0 spiro atoms. The van der Waals surface area contributed by atoms with Gasteiger partial charge in [-0.25, -0.2) is 4.79 Å². The zero-order valence-electron chi connectivity index (χ0n) is 16.0. The van der Waals surface area contributed by atoms with Crippen molar-refractivity contribution in [2.45, 2.75) is 6.92 Å². The van der Waals surface area contributed by atoms with Crippen LogP contribution in [0.1, 0.15) is 6.92 Å². The highest BCUT2D eigenvalue weighted by atomic mass is 16.7. The first-order valence-corrected chi connectivity index (χ1v) is 9.33. The third kappa shape index (κ3) is 2.16. The molecule has 0 aliphatic heterocycles. The minimum atomic E-state index is -0.688. The summed E-state index contributed by atoms with van der Waals surface area (Å²) in [6.07, 6.45) is -0.688. The third-order valence-corrected chi connectivity index (χ3v) is 5.46. The van der Waals surface area contributed by atoms with Crippen molar-refractivity contribution in [2.75, 3.05) is 6.61 Å². The normalized spacial score (nSPS) is 11.7. The molecule has 0 aliphatic carbocycles. The van der Waals surface area contributed by atoms with Crippen LogP contribution in [0.5, 0.6) is 5.75 Å². The smallest absolute Gasteiger partial charge is 0.434 e. The Hall–Kier alpha value is -3.47. The van der Waals surface area contributed by atoms with Crippen LogP contribution < -0.4 is 4.74 Å². The fraction of sp³-hybridized carbons (Fsp3) is 0.174. The van der Waals surface area contributed by atoms with Gasteiger partial charge < -0.3 is 18.6 Å². The number of nitrogens with zero attached hydrogens (tertiary/aromatic N) is 2. The molecule has 0 aliphatic rings. The molecular formula is C23H20N2O3. The fourth-order valence-corrected chi connectivity index (χ4v) is 4.27. The molecule has 0 N–H and O–H groups in total. The van der Waals surface area contributed by atoms with Gasteiger partial charge in [0.2, 0.25) is 0 Å². The van der Waals surface area contributed by atoms with Crippen molar-refractivity contribution in [2.24, 2.45) is 14.1 Å². The number of hydrogen-bond acceptors (Lipinski definition) is 3. The van der Waals surface area contributed by atoms with E-state index in [1.165, 1.54) is 0 Å². The molecule has 5 rings (SSSR count). The molecule has 5 nitrogen and oxygen atoms in total. The van der Waals surface area contributed by atoms with Crippen LogP contribution in [-0.4, -0.2) is 21.9 Å². The Morgan fingerprint density at radius 2 is 1.32 bits per heavy atom. The van der Waals surface area contributed by atoms with E-state index in [9.17, 15) is 4.79 Å². The van der Waals surface area contributed by atoms with Crippen molar-refractivity contribution in [3.63, 3.8) is 0 Å². The average molecular weight is 372 g/mol. The van der Waals surface area contributed by atoms with E-state index in [4.69, 9.17) is 9.47 Å². The lowest BCUT2D eigenvalue weighted by atomic mass is 10.1. The summed E-state index contributed by atoms with van der Waals surface area (Å²) < 4.78 is 15.1. The molecule has 5 aromatic rings. The van der Waals surface area contributed by atoms with Crippen LogP contribution in [-0.2, 0) is 18.8 Å². The number of fused-ring (bicyclic) bond motifs is 6. The summed E-state index contributed by atoms with van der Waals surface area (Å²) in [6.45, 7) is 2.03. The SMILES string of the molecule is CCOC(=O)Oc1c2c(cc3c4ccccc4n(C)c13)c1ccccc1n2C. The molecule has 2 heterocycles. The Labute approximate surface area is 161 Å². The molecule has 28 heavy (non-hydrogen) atoms. The summed E-state index contributed by atoms with van der Waals surface area (Å²) in [5.41, 5.74) is 3.94. The molecule has 3 aromatic carbocycles. The fourth-order valence-electron chi connectivity index (χ4n) is 4.27. The lowest BCUT2D eigenvalue weighted by Crippen LogP contribution is -2.11. The Morgan fingerprint density at radius 1 is 0.821 bits per heavy atom. The number of hydrogen-bond donors (Lipinski definition) is 0. The lowest BCUT2D eigenvalue weighted by Gasteiger charge is -2.11. The molecule has 0 unspecified atom stereocenters. The topological polar surface area (TPSA) is 45.4 Å². The third-order valence-electron chi connectivity index (χ3n) is 5.46. The van der Waals surface area contributed by atoms with E-state index in [0.717, 1.165) is 43.6 Å². The van der Waals surface area contributed by atoms with Crippen LogP contribution >= 0.6 is 0 Å². The van der Waals surface area contributed by atoms with Gasteiger partial charge in [0.1, 0.15) is 0 Å². The van der Waals surface area contributed by atoms with Crippen molar-refractivity contribution in [1.82, 2.24) is 9.13 Å². The van der Waals surface area contributed by atoms with E-state index in [1.54, 1.807) is 6.92 Å². The highest BCUT2D eigenvalue weighted by Gasteiger charge is 2.23. The van der Waals surface area contributed by atoms with E-state index in [0.29, 0.717) is 5.75 Å². The van der Waals surface area contributed by atoms with Gasteiger partial charge in [0, 0.05) is 46.7 Å². The van der Waals surface area contributed by atoms with E-state index in [1.807, 2.05) is 38.4 Å². The Kier molecular flexibility index (Phi) is 3.59. The van der Waals surface area contributed by atoms with Gasteiger partial charge >= 0.3 is 6.16 Å². The van der Waals surface area contributed by atoms with Gasteiger partial charge in [-0.05, 0) is 25.1 Å². The molecule has 0 saturated carbocycles. The number of benzene rings is 3. The Morgan fingerprint density at radius 3 is 1.82 bits per heavy atom. The molecule has 0 amide bonds. The monoisotopic (exact) mass is 372 g/mol. The second-order valence-corrected chi connectivity index (χ2v) is 6.94. The van der Waals surface area contributed by atoms with E-state index < -0.39 is 6.16 Å². The minimum Gasteiger partial charge on any atom is -0.434 e. The molecule has 0 radical (unpaired) electrons. The molecule has 0 fully saturated rings. The first-order chi connectivity index (χ1) is 13.6. The zero-order valence-corrected chi connectivity index (χ0v) is 16.0. The lowest BCUT2D eigenvalue weighted by molar-refractivity contribution is 0.105. The molecule has 0 saturated heterocycles. The minimum absolute atomic E-state index is 0.266. The van der Waals surface area contributed by atoms with Gasteiger partial charge in [-0.3, -0.25) is 0 Å². The number of carbonyl (C=O) groups excluding carboxylic acids is 1. The standard InChI is InChI=1S/C23H20N2O3/c1-4-27-23(26)28-22-20-16(14-9-5-7-11-18(14)24(20)2)13-17-15-10-6-8-12-19(15)25(3)21(17)22/h5-13H,4H2,1-3H3. The highest BCUT2D eigenvalue weighted by Crippen LogP contribution is 2.43.